The molecule has 5 heteroatoms. The smallest absolute Gasteiger partial charge is 0.117 e. The van der Waals surface area contributed by atoms with E-state index < -0.39 is 10.8 Å². The SMILES string of the molecule is O=S1CCC(Nc2snc3ccccc23)CC1. The van der Waals surface area contributed by atoms with Crippen molar-refractivity contribution in [2.75, 3.05) is 16.8 Å². The van der Waals surface area contributed by atoms with Gasteiger partial charge in [-0.25, -0.2) is 0 Å². The van der Waals surface area contributed by atoms with E-state index in [0.29, 0.717) is 6.04 Å². The van der Waals surface area contributed by atoms with Crippen LogP contribution in [0.15, 0.2) is 24.3 Å². The summed E-state index contributed by atoms with van der Waals surface area (Å²) < 4.78 is 15.7. The Morgan fingerprint density at radius 3 is 2.88 bits per heavy atom. The Morgan fingerprint density at radius 1 is 1.29 bits per heavy atom. The van der Waals surface area contributed by atoms with Crippen LogP contribution in [0, 0.1) is 0 Å². The molecule has 3 nitrogen and oxygen atoms in total. The second kappa shape index (κ2) is 4.74. The lowest BCUT2D eigenvalue weighted by molar-refractivity contribution is 0.625. The number of nitrogens with zero attached hydrogens (tertiary/aromatic N) is 1. The average Bonchev–Trinajstić information content (AvgIpc) is 2.76. The van der Waals surface area contributed by atoms with Gasteiger partial charge in [0.05, 0.1) is 5.52 Å². The van der Waals surface area contributed by atoms with E-state index in [4.69, 9.17) is 0 Å². The normalized spacial score (nSPS) is 24.9. The molecule has 17 heavy (non-hydrogen) atoms. The number of nitrogens with one attached hydrogen (secondary N) is 1. The molecule has 1 fully saturated rings. The Kier molecular flexibility index (Phi) is 3.11. The highest BCUT2D eigenvalue weighted by molar-refractivity contribution is 7.85. The van der Waals surface area contributed by atoms with Crippen molar-refractivity contribution in [2.45, 2.75) is 18.9 Å². The highest BCUT2D eigenvalue weighted by Crippen LogP contribution is 2.29. The van der Waals surface area contributed by atoms with E-state index in [1.54, 1.807) is 0 Å². The molecule has 1 N–H and O–H groups in total. The summed E-state index contributed by atoms with van der Waals surface area (Å²) in [5.74, 6) is 1.66. The minimum atomic E-state index is -0.589. The Balaban J connectivity index is 1.78. The van der Waals surface area contributed by atoms with Crippen molar-refractivity contribution in [3.8, 4) is 0 Å². The first-order chi connectivity index (χ1) is 8.33. The second-order valence-electron chi connectivity index (χ2n) is 4.30. The van der Waals surface area contributed by atoms with Crippen molar-refractivity contribution in [1.29, 1.82) is 0 Å². The standard InChI is InChI=1S/C12H14N2OS2/c15-17-7-5-9(6-8-17)13-12-10-3-1-2-4-11(10)14-16-12/h1-4,9,13H,5-8H2. The van der Waals surface area contributed by atoms with Crippen LogP contribution in [0.1, 0.15) is 12.8 Å². The molecule has 1 aromatic carbocycles. The van der Waals surface area contributed by atoms with Gasteiger partial charge < -0.3 is 5.32 Å². The molecule has 90 valence electrons. The molecule has 0 unspecified atom stereocenters. The van der Waals surface area contributed by atoms with Crippen molar-refractivity contribution in [3.05, 3.63) is 24.3 Å². The van der Waals surface area contributed by atoms with Crippen LogP contribution in [0.2, 0.25) is 0 Å². The number of hydrogen-bond acceptors (Lipinski definition) is 4. The largest absolute Gasteiger partial charge is 0.372 e. The fraction of sp³-hybridized carbons (Fsp3) is 0.417. The van der Waals surface area contributed by atoms with E-state index in [1.807, 2.05) is 18.2 Å². The zero-order valence-corrected chi connectivity index (χ0v) is 11.0. The zero-order valence-electron chi connectivity index (χ0n) is 9.39. The van der Waals surface area contributed by atoms with Crippen molar-refractivity contribution in [1.82, 2.24) is 4.37 Å². The zero-order chi connectivity index (χ0) is 11.7. The molecule has 2 aromatic rings. The number of anilines is 1. The van der Waals surface area contributed by atoms with Gasteiger partial charge in [-0.05, 0) is 36.5 Å². The fourth-order valence-corrected chi connectivity index (χ4v) is 4.26. The minimum Gasteiger partial charge on any atom is -0.372 e. The van der Waals surface area contributed by atoms with E-state index in [9.17, 15) is 4.21 Å². The molecule has 0 atom stereocenters. The second-order valence-corrected chi connectivity index (χ2v) is 6.77. The van der Waals surface area contributed by atoms with Crippen molar-refractivity contribution in [3.63, 3.8) is 0 Å². The summed E-state index contributed by atoms with van der Waals surface area (Å²) >= 11 is 1.52. The highest BCUT2D eigenvalue weighted by atomic mass is 32.2. The molecule has 0 saturated carbocycles. The van der Waals surface area contributed by atoms with Gasteiger partial charge in [0.2, 0.25) is 0 Å². The molecule has 0 bridgehead atoms. The summed E-state index contributed by atoms with van der Waals surface area (Å²) in [5, 5.41) is 5.90. The van der Waals surface area contributed by atoms with Crippen LogP contribution in [0.4, 0.5) is 5.00 Å². The third-order valence-corrected chi connectivity index (χ3v) is 5.30. The highest BCUT2D eigenvalue weighted by Gasteiger charge is 2.18. The average molecular weight is 266 g/mol. The third-order valence-electron chi connectivity index (χ3n) is 3.11. The van der Waals surface area contributed by atoms with Crippen LogP contribution >= 0.6 is 11.5 Å². The van der Waals surface area contributed by atoms with Gasteiger partial charge in [0.25, 0.3) is 0 Å². The van der Waals surface area contributed by atoms with Crippen molar-refractivity contribution < 1.29 is 4.21 Å². The molecule has 0 aliphatic carbocycles. The lowest BCUT2D eigenvalue weighted by Gasteiger charge is -2.22. The molecular weight excluding hydrogens is 252 g/mol. The summed E-state index contributed by atoms with van der Waals surface area (Å²) in [7, 11) is -0.589. The third kappa shape index (κ3) is 2.35. The molecule has 1 saturated heterocycles. The van der Waals surface area contributed by atoms with E-state index in [1.165, 1.54) is 16.9 Å². The first-order valence-electron chi connectivity index (χ1n) is 5.79. The van der Waals surface area contributed by atoms with Gasteiger partial charge in [-0.2, -0.15) is 4.37 Å². The van der Waals surface area contributed by atoms with Crippen LogP contribution in [0.3, 0.4) is 0 Å². The maximum absolute atomic E-state index is 11.3. The maximum Gasteiger partial charge on any atom is 0.117 e. The number of rotatable bonds is 2. The van der Waals surface area contributed by atoms with E-state index >= 15 is 0 Å². The van der Waals surface area contributed by atoms with E-state index in [-0.39, 0.29) is 0 Å². The van der Waals surface area contributed by atoms with Gasteiger partial charge in [0.1, 0.15) is 5.00 Å². The maximum atomic E-state index is 11.3. The molecule has 2 heterocycles. The van der Waals surface area contributed by atoms with Gasteiger partial charge in [0, 0.05) is 33.7 Å². The van der Waals surface area contributed by atoms with E-state index in [0.717, 1.165) is 34.9 Å². The quantitative estimate of drug-likeness (QED) is 0.908. The van der Waals surface area contributed by atoms with Crippen LogP contribution in [-0.4, -0.2) is 26.1 Å². The van der Waals surface area contributed by atoms with E-state index in [2.05, 4.69) is 15.8 Å². The summed E-state index contributed by atoms with van der Waals surface area (Å²) in [6.07, 6.45) is 2.00. The van der Waals surface area contributed by atoms with Crippen molar-refractivity contribution >= 4 is 38.2 Å². The van der Waals surface area contributed by atoms with Crippen LogP contribution in [0.25, 0.3) is 10.9 Å². The summed E-state index contributed by atoms with van der Waals surface area (Å²) in [5.41, 5.74) is 1.05. The predicted molar refractivity (Wildman–Crippen MR) is 74.1 cm³/mol. The Labute approximate surface area is 107 Å². The number of fused-ring (bicyclic) bond motifs is 1. The monoisotopic (exact) mass is 266 g/mol. The molecule has 1 aliphatic heterocycles. The summed E-state index contributed by atoms with van der Waals surface area (Å²) in [6.45, 7) is 0. The Morgan fingerprint density at radius 2 is 2.06 bits per heavy atom. The molecule has 0 amide bonds. The number of aromatic nitrogens is 1. The van der Waals surface area contributed by atoms with Crippen LogP contribution in [-0.2, 0) is 10.8 Å². The predicted octanol–water partition coefficient (Wildman–Crippen LogP) is 2.62. The number of benzene rings is 1. The fourth-order valence-electron chi connectivity index (χ4n) is 2.12. The number of hydrogen-bond donors (Lipinski definition) is 1. The molecular formula is C12H14N2OS2. The van der Waals surface area contributed by atoms with Crippen LogP contribution in [0.5, 0.6) is 0 Å². The summed E-state index contributed by atoms with van der Waals surface area (Å²) in [4.78, 5) is 0. The van der Waals surface area contributed by atoms with Gasteiger partial charge in [-0.15, -0.1) is 0 Å². The van der Waals surface area contributed by atoms with Crippen LogP contribution < -0.4 is 5.32 Å². The molecule has 0 radical (unpaired) electrons. The summed E-state index contributed by atoms with van der Waals surface area (Å²) in [6, 6.07) is 8.64. The molecule has 1 aromatic heterocycles. The molecule has 3 rings (SSSR count). The topological polar surface area (TPSA) is 42.0 Å². The van der Waals surface area contributed by atoms with Gasteiger partial charge in [-0.1, -0.05) is 12.1 Å². The van der Waals surface area contributed by atoms with Gasteiger partial charge >= 0.3 is 0 Å². The first-order valence-corrected chi connectivity index (χ1v) is 8.05. The lowest BCUT2D eigenvalue weighted by atomic mass is 10.1. The molecule has 1 aliphatic rings. The molecule has 0 spiro atoms. The Bertz CT molecular complexity index is 542. The van der Waals surface area contributed by atoms with Crippen molar-refractivity contribution in [2.24, 2.45) is 0 Å². The minimum absolute atomic E-state index is 0.455. The first kappa shape index (κ1) is 11.2. The van der Waals surface area contributed by atoms with Gasteiger partial charge in [-0.3, -0.25) is 4.21 Å². The lowest BCUT2D eigenvalue weighted by Crippen LogP contribution is -2.29. The Hall–Kier alpha value is -0.940. The van der Waals surface area contributed by atoms with Gasteiger partial charge in [0.15, 0.2) is 0 Å².